The fourth-order valence-corrected chi connectivity index (χ4v) is 1.20. The van der Waals surface area contributed by atoms with E-state index in [0.29, 0.717) is 0 Å². The van der Waals surface area contributed by atoms with Gasteiger partial charge in [-0.3, -0.25) is 0 Å². The molecule has 0 spiro atoms. The molecule has 0 aromatic rings. The molecule has 0 aliphatic heterocycles. The summed E-state index contributed by atoms with van der Waals surface area (Å²) >= 11 is -0.661. The van der Waals surface area contributed by atoms with Gasteiger partial charge in [-0.2, -0.15) is 0 Å². The minimum absolute atomic E-state index is 0.661. The molecule has 0 saturated heterocycles. The predicted molar refractivity (Wildman–Crippen MR) is 17.7 cm³/mol. The summed E-state index contributed by atoms with van der Waals surface area (Å²) in [5, 5.41) is 0.842. The van der Waals surface area contributed by atoms with E-state index in [-0.39, 0.29) is 0 Å². The zero-order valence-electron chi connectivity index (χ0n) is 3.20. The molecule has 3 heteroatoms. The van der Waals surface area contributed by atoms with Crippen molar-refractivity contribution in [1.29, 1.82) is 0 Å². The quantitative estimate of drug-likeness (QED) is 0.524. The molecule has 0 aliphatic carbocycles. The number of methoxy groups -OCH3 is 1. The van der Waals surface area contributed by atoms with Crippen LogP contribution >= 0.6 is 9.69 Å². The van der Waals surface area contributed by atoms with Crippen molar-refractivity contribution in [3.05, 3.63) is 0 Å². The van der Waals surface area contributed by atoms with Gasteiger partial charge in [0.2, 0.25) is 0 Å². The summed E-state index contributed by atoms with van der Waals surface area (Å²) in [7, 11) is 7.04. The Morgan fingerprint density at radius 2 is 2.60 bits per heavy atom. The molecule has 0 saturated carbocycles. The first-order valence-corrected chi connectivity index (χ1v) is 7.46. The van der Waals surface area contributed by atoms with Gasteiger partial charge >= 0.3 is 42.9 Å². The molecule has 5 heavy (non-hydrogen) atoms. The van der Waals surface area contributed by atoms with E-state index in [1.165, 1.54) is 0 Å². The number of ether oxygens (including phenoxy) is 1. The van der Waals surface area contributed by atoms with Crippen molar-refractivity contribution >= 4 is 9.69 Å². The second kappa shape index (κ2) is 4.87. The zero-order valence-corrected chi connectivity index (χ0v) is 6.92. The Labute approximate surface area is 43.3 Å². The number of hydrogen-bond donors (Lipinski definition) is 0. The molecular weight excluding hydrogens is 141 g/mol. The van der Waals surface area contributed by atoms with Gasteiger partial charge in [0.25, 0.3) is 0 Å². The summed E-state index contributed by atoms with van der Waals surface area (Å²) in [6.45, 7) is 0. The van der Waals surface area contributed by atoms with Crippen molar-refractivity contribution in [2.45, 2.75) is 0 Å². The van der Waals surface area contributed by atoms with E-state index in [1.54, 1.807) is 7.11 Å². The van der Waals surface area contributed by atoms with Gasteiger partial charge in [0.05, 0.1) is 0 Å². The fourth-order valence-electron chi connectivity index (χ4n) is 0.0772. The standard InChI is InChI=1S/C2H5O.ClH.Zn/c1-3-2;;/h1H2,2H3;1H;/q;;+1/p-1. The SMILES string of the molecule is CO[CH2][Zn][Cl]. The second-order valence-electron chi connectivity index (χ2n) is 0.682. The van der Waals surface area contributed by atoms with Gasteiger partial charge in [-0.05, 0) is 0 Å². The molecule has 0 atom stereocenters. The molecule has 0 aliphatic rings. The van der Waals surface area contributed by atoms with Crippen LogP contribution in [0.25, 0.3) is 0 Å². The Balaban J connectivity index is 2.19. The molecule has 1 nitrogen and oxygen atoms in total. The van der Waals surface area contributed by atoms with Gasteiger partial charge in [0.1, 0.15) is 0 Å². The molecule has 0 aromatic carbocycles. The van der Waals surface area contributed by atoms with Crippen LogP contribution in [0.1, 0.15) is 0 Å². The normalized spacial score (nSPS) is 6.80. The molecule has 0 radical (unpaired) electrons. The third-order valence-corrected chi connectivity index (χ3v) is 2.26. The van der Waals surface area contributed by atoms with Crippen molar-refractivity contribution in [2.75, 3.05) is 12.3 Å². The first kappa shape index (κ1) is 5.87. The third-order valence-electron chi connectivity index (χ3n) is 0.281. The topological polar surface area (TPSA) is 9.23 Å². The van der Waals surface area contributed by atoms with E-state index in [4.69, 9.17) is 9.69 Å². The first-order valence-electron chi connectivity index (χ1n) is 1.46. The molecule has 0 unspecified atom stereocenters. The summed E-state index contributed by atoms with van der Waals surface area (Å²) < 4.78 is 4.64. The molecule has 0 rings (SSSR count). The van der Waals surface area contributed by atoms with Crippen LogP contribution in [0.5, 0.6) is 0 Å². The predicted octanol–water partition coefficient (Wildman–Crippen LogP) is 0.827. The molecule has 0 amide bonds. The Bertz CT molecular complexity index is 17.1. The van der Waals surface area contributed by atoms with Crippen molar-refractivity contribution < 1.29 is 20.9 Å². The molecule has 0 fully saturated rings. The van der Waals surface area contributed by atoms with Crippen LogP contribution in [0.2, 0.25) is 0 Å². The molecule has 28 valence electrons. The molecule has 0 bridgehead atoms. The summed E-state index contributed by atoms with van der Waals surface area (Å²) in [6.07, 6.45) is 0. The molecule has 0 aromatic heterocycles. The fraction of sp³-hybridized carbons (Fsp3) is 1.00. The molecular formula is C2H5ClOZn. The Morgan fingerprint density at radius 3 is 2.60 bits per heavy atom. The maximum atomic E-state index is 5.36. The Morgan fingerprint density at radius 1 is 2.00 bits per heavy atom. The average Bonchev–Trinajstić information content (AvgIpc) is 1.41. The van der Waals surface area contributed by atoms with Gasteiger partial charge in [0, 0.05) is 0 Å². The molecule has 0 heterocycles. The maximum absolute atomic E-state index is 5.36. The summed E-state index contributed by atoms with van der Waals surface area (Å²) in [4.78, 5) is 0. The first-order chi connectivity index (χ1) is 2.41. The van der Waals surface area contributed by atoms with Crippen LogP contribution in [-0.2, 0) is 20.9 Å². The minimum atomic E-state index is -0.661. The van der Waals surface area contributed by atoms with Crippen LogP contribution in [0, 0.1) is 0 Å². The van der Waals surface area contributed by atoms with E-state index in [9.17, 15) is 0 Å². The van der Waals surface area contributed by atoms with E-state index in [0.717, 1.165) is 5.20 Å². The second-order valence-corrected chi connectivity index (χ2v) is 4.30. The summed E-state index contributed by atoms with van der Waals surface area (Å²) in [5.74, 6) is 0. The Hall–Kier alpha value is 0.873. The number of hydrogen-bond acceptors (Lipinski definition) is 1. The van der Waals surface area contributed by atoms with E-state index >= 15 is 0 Å². The Kier molecular flexibility index (Phi) is 5.72. The average molecular weight is 146 g/mol. The van der Waals surface area contributed by atoms with Crippen LogP contribution in [0.15, 0.2) is 0 Å². The van der Waals surface area contributed by atoms with Crippen LogP contribution in [-0.4, -0.2) is 12.3 Å². The number of rotatable bonds is 2. The van der Waals surface area contributed by atoms with Crippen molar-refractivity contribution in [1.82, 2.24) is 0 Å². The van der Waals surface area contributed by atoms with Gasteiger partial charge in [-0.15, -0.1) is 0 Å². The summed E-state index contributed by atoms with van der Waals surface area (Å²) in [5.41, 5.74) is 0. The van der Waals surface area contributed by atoms with Gasteiger partial charge in [-0.1, -0.05) is 0 Å². The van der Waals surface area contributed by atoms with E-state index in [1.807, 2.05) is 0 Å². The van der Waals surface area contributed by atoms with Gasteiger partial charge < -0.3 is 0 Å². The van der Waals surface area contributed by atoms with Crippen LogP contribution < -0.4 is 0 Å². The van der Waals surface area contributed by atoms with Crippen molar-refractivity contribution in [3.63, 3.8) is 0 Å². The van der Waals surface area contributed by atoms with Gasteiger partial charge in [-0.25, -0.2) is 0 Å². The zero-order chi connectivity index (χ0) is 4.12. The molecule has 0 N–H and O–H groups in total. The van der Waals surface area contributed by atoms with Gasteiger partial charge in [0.15, 0.2) is 0 Å². The van der Waals surface area contributed by atoms with Crippen molar-refractivity contribution in [3.8, 4) is 0 Å². The van der Waals surface area contributed by atoms with Crippen LogP contribution in [0.4, 0.5) is 0 Å². The summed E-state index contributed by atoms with van der Waals surface area (Å²) in [6, 6.07) is 0. The number of halogens is 1. The monoisotopic (exact) mass is 144 g/mol. The van der Waals surface area contributed by atoms with E-state index in [2.05, 4.69) is 4.74 Å². The van der Waals surface area contributed by atoms with Crippen molar-refractivity contribution in [2.24, 2.45) is 0 Å². The van der Waals surface area contributed by atoms with E-state index < -0.39 is 16.1 Å². The third kappa shape index (κ3) is 4.87. The van der Waals surface area contributed by atoms with Crippen LogP contribution in [0.3, 0.4) is 0 Å².